The van der Waals surface area contributed by atoms with Crippen molar-refractivity contribution in [1.82, 2.24) is 0 Å². The standard InChI is InChI=1S/C9H8O4S/c10-9(11)5-4-7-2-1-3-8(6-7)14(12)13/h1-6H,(H,10,11)(H,12,13)/p-1/b5-4+. The molecular weight excluding hydrogens is 204 g/mol. The summed E-state index contributed by atoms with van der Waals surface area (Å²) in [5, 5.41) is 8.34. The average Bonchev–Trinajstić information content (AvgIpc) is 2.15. The lowest BCUT2D eigenvalue weighted by Gasteiger charge is -2.04. The Bertz CT molecular complexity index is 398. The topological polar surface area (TPSA) is 77.4 Å². The molecule has 0 aromatic heterocycles. The summed E-state index contributed by atoms with van der Waals surface area (Å²) < 4.78 is 21.1. The molecule has 0 amide bonds. The smallest absolute Gasteiger partial charge is 0.328 e. The number of carboxylic acid groups (broad SMARTS) is 1. The van der Waals surface area contributed by atoms with Crippen LogP contribution in [0.1, 0.15) is 5.56 Å². The predicted molar refractivity (Wildman–Crippen MR) is 50.3 cm³/mol. The molecule has 0 saturated carbocycles. The second-order valence-corrected chi connectivity index (χ2v) is 3.42. The van der Waals surface area contributed by atoms with Crippen molar-refractivity contribution in [3.8, 4) is 0 Å². The maximum atomic E-state index is 10.6. The van der Waals surface area contributed by atoms with E-state index in [2.05, 4.69) is 0 Å². The third kappa shape index (κ3) is 3.12. The molecule has 0 aliphatic rings. The second-order valence-electron chi connectivity index (χ2n) is 2.48. The summed E-state index contributed by atoms with van der Waals surface area (Å²) in [6, 6.07) is 5.99. The van der Waals surface area contributed by atoms with Gasteiger partial charge in [0.1, 0.15) is 0 Å². The van der Waals surface area contributed by atoms with Gasteiger partial charge in [-0.15, -0.1) is 0 Å². The van der Waals surface area contributed by atoms with Gasteiger partial charge in [0.15, 0.2) is 0 Å². The van der Waals surface area contributed by atoms with Gasteiger partial charge in [-0.2, -0.15) is 0 Å². The first kappa shape index (κ1) is 10.6. The van der Waals surface area contributed by atoms with E-state index in [1.54, 1.807) is 12.1 Å². The van der Waals surface area contributed by atoms with Gasteiger partial charge in [0, 0.05) is 11.0 Å². The molecule has 0 spiro atoms. The Morgan fingerprint density at radius 1 is 1.50 bits per heavy atom. The highest BCUT2D eigenvalue weighted by atomic mass is 32.2. The molecule has 14 heavy (non-hydrogen) atoms. The quantitative estimate of drug-likeness (QED) is 0.598. The van der Waals surface area contributed by atoms with Crippen LogP contribution in [0.2, 0.25) is 0 Å². The molecule has 74 valence electrons. The van der Waals surface area contributed by atoms with Gasteiger partial charge in [0.05, 0.1) is 0 Å². The van der Waals surface area contributed by atoms with Crippen molar-refractivity contribution in [2.45, 2.75) is 4.90 Å². The molecule has 1 N–H and O–H groups in total. The molecule has 0 saturated heterocycles. The van der Waals surface area contributed by atoms with Crippen LogP contribution in [0, 0.1) is 0 Å². The zero-order chi connectivity index (χ0) is 10.6. The fourth-order valence-corrected chi connectivity index (χ4v) is 1.31. The van der Waals surface area contributed by atoms with Crippen LogP contribution in [0.3, 0.4) is 0 Å². The van der Waals surface area contributed by atoms with Gasteiger partial charge in [-0.3, -0.25) is 4.21 Å². The number of aliphatic carboxylic acids is 1. The van der Waals surface area contributed by atoms with E-state index in [0.29, 0.717) is 5.56 Å². The number of hydrogen-bond acceptors (Lipinski definition) is 3. The lowest BCUT2D eigenvalue weighted by atomic mass is 10.2. The summed E-state index contributed by atoms with van der Waals surface area (Å²) in [6.07, 6.45) is 2.28. The zero-order valence-electron chi connectivity index (χ0n) is 7.04. The van der Waals surface area contributed by atoms with Gasteiger partial charge >= 0.3 is 5.97 Å². The van der Waals surface area contributed by atoms with Gasteiger partial charge in [-0.1, -0.05) is 12.1 Å². The third-order valence-corrected chi connectivity index (χ3v) is 2.11. The maximum absolute atomic E-state index is 10.6. The predicted octanol–water partition coefficient (Wildman–Crippen LogP) is 1.02. The van der Waals surface area contributed by atoms with Crippen molar-refractivity contribution in [3.05, 3.63) is 35.9 Å². The molecule has 1 unspecified atom stereocenters. The van der Waals surface area contributed by atoms with Crippen LogP contribution in [0.25, 0.3) is 6.08 Å². The summed E-state index contributed by atoms with van der Waals surface area (Å²) in [5.41, 5.74) is 0.536. The van der Waals surface area contributed by atoms with Crippen molar-refractivity contribution in [2.24, 2.45) is 0 Å². The van der Waals surface area contributed by atoms with Crippen LogP contribution in [0.4, 0.5) is 0 Å². The zero-order valence-corrected chi connectivity index (χ0v) is 7.86. The van der Waals surface area contributed by atoms with E-state index in [-0.39, 0.29) is 4.90 Å². The first-order valence-electron chi connectivity index (χ1n) is 3.70. The SMILES string of the molecule is O=C(O)/C=C/c1cccc(S(=O)[O-])c1. The van der Waals surface area contributed by atoms with Crippen LogP contribution in [0.15, 0.2) is 35.2 Å². The Hall–Kier alpha value is -1.46. The van der Waals surface area contributed by atoms with Crippen molar-refractivity contribution in [3.63, 3.8) is 0 Å². The first-order chi connectivity index (χ1) is 6.59. The molecule has 1 atom stereocenters. The molecule has 0 fully saturated rings. The fraction of sp³-hybridized carbons (Fsp3) is 0. The normalized spacial score (nSPS) is 12.9. The van der Waals surface area contributed by atoms with E-state index >= 15 is 0 Å². The van der Waals surface area contributed by atoms with Gasteiger partial charge in [-0.05, 0) is 34.9 Å². The maximum Gasteiger partial charge on any atom is 0.328 e. The molecule has 0 aliphatic heterocycles. The van der Waals surface area contributed by atoms with Crippen LogP contribution < -0.4 is 0 Å². The molecule has 1 rings (SSSR count). The Balaban J connectivity index is 2.94. The van der Waals surface area contributed by atoms with Gasteiger partial charge < -0.3 is 9.66 Å². The lowest BCUT2D eigenvalue weighted by molar-refractivity contribution is -0.131. The Morgan fingerprint density at radius 2 is 2.21 bits per heavy atom. The summed E-state index contributed by atoms with van der Waals surface area (Å²) in [5.74, 6) is -1.07. The number of carboxylic acids is 1. The average molecular weight is 211 g/mol. The van der Waals surface area contributed by atoms with Crippen LogP contribution in [-0.4, -0.2) is 19.8 Å². The van der Waals surface area contributed by atoms with Gasteiger partial charge in [0.25, 0.3) is 0 Å². The Morgan fingerprint density at radius 3 is 2.79 bits per heavy atom. The van der Waals surface area contributed by atoms with Crippen molar-refractivity contribution < 1.29 is 18.7 Å². The molecule has 1 aromatic carbocycles. The summed E-state index contributed by atoms with van der Waals surface area (Å²) >= 11 is -2.28. The largest absolute Gasteiger partial charge is 0.768 e. The second kappa shape index (κ2) is 4.69. The monoisotopic (exact) mass is 211 g/mol. The van der Waals surface area contributed by atoms with Crippen LogP contribution >= 0.6 is 0 Å². The van der Waals surface area contributed by atoms with E-state index in [4.69, 9.17) is 5.11 Å². The molecule has 0 bridgehead atoms. The Labute approximate surface area is 83.2 Å². The number of hydrogen-bond donors (Lipinski definition) is 1. The van der Waals surface area contributed by atoms with E-state index in [0.717, 1.165) is 6.08 Å². The van der Waals surface area contributed by atoms with Gasteiger partial charge in [0.2, 0.25) is 0 Å². The summed E-state index contributed by atoms with van der Waals surface area (Å²) in [4.78, 5) is 10.3. The minimum absolute atomic E-state index is 0.137. The summed E-state index contributed by atoms with van der Waals surface area (Å²) in [7, 11) is 0. The lowest BCUT2D eigenvalue weighted by Crippen LogP contribution is -1.89. The highest BCUT2D eigenvalue weighted by molar-refractivity contribution is 7.79. The molecule has 0 radical (unpaired) electrons. The van der Waals surface area contributed by atoms with Crippen LogP contribution in [-0.2, 0) is 15.9 Å². The minimum atomic E-state index is -2.28. The fourth-order valence-electron chi connectivity index (χ4n) is 0.889. The highest BCUT2D eigenvalue weighted by Crippen LogP contribution is 2.09. The molecule has 0 aliphatic carbocycles. The number of carbonyl (C=O) groups is 1. The van der Waals surface area contributed by atoms with E-state index in [1.165, 1.54) is 18.2 Å². The minimum Gasteiger partial charge on any atom is -0.768 e. The summed E-state index contributed by atoms with van der Waals surface area (Å²) in [6.45, 7) is 0. The molecule has 0 heterocycles. The van der Waals surface area contributed by atoms with E-state index in [1.807, 2.05) is 0 Å². The van der Waals surface area contributed by atoms with Crippen molar-refractivity contribution >= 4 is 23.1 Å². The van der Waals surface area contributed by atoms with Crippen molar-refractivity contribution in [1.29, 1.82) is 0 Å². The number of benzene rings is 1. The molecular formula is C9H7O4S-. The van der Waals surface area contributed by atoms with Crippen LogP contribution in [0.5, 0.6) is 0 Å². The van der Waals surface area contributed by atoms with Crippen molar-refractivity contribution in [2.75, 3.05) is 0 Å². The molecule has 4 nitrogen and oxygen atoms in total. The molecule has 5 heteroatoms. The Kier molecular flexibility index (Phi) is 3.55. The first-order valence-corrected chi connectivity index (χ1v) is 4.77. The number of rotatable bonds is 3. The van der Waals surface area contributed by atoms with Gasteiger partial charge in [-0.25, -0.2) is 4.79 Å². The third-order valence-electron chi connectivity index (χ3n) is 1.47. The highest BCUT2D eigenvalue weighted by Gasteiger charge is 1.93. The molecule has 1 aromatic rings. The van der Waals surface area contributed by atoms with E-state index < -0.39 is 17.0 Å². The van der Waals surface area contributed by atoms with E-state index in [9.17, 15) is 13.6 Å².